The van der Waals surface area contributed by atoms with Crippen LogP contribution < -0.4 is 10.2 Å². The summed E-state index contributed by atoms with van der Waals surface area (Å²) in [6, 6.07) is 10.4. The van der Waals surface area contributed by atoms with Gasteiger partial charge in [0, 0.05) is 24.5 Å². The van der Waals surface area contributed by atoms with Gasteiger partial charge in [-0.05, 0) is 43.7 Å². The van der Waals surface area contributed by atoms with Gasteiger partial charge in [0.25, 0.3) is 5.91 Å². The second kappa shape index (κ2) is 7.03. The lowest BCUT2D eigenvalue weighted by molar-refractivity contribution is 0.0910. The van der Waals surface area contributed by atoms with Gasteiger partial charge in [-0.25, -0.2) is 4.98 Å². The predicted octanol–water partition coefficient (Wildman–Crippen LogP) is 4.14. The molecule has 1 aromatic heterocycles. The first-order valence-electron chi connectivity index (χ1n) is 9.68. The van der Waals surface area contributed by atoms with Gasteiger partial charge in [0.1, 0.15) is 5.82 Å². The monoisotopic (exact) mass is 337 g/mol. The van der Waals surface area contributed by atoms with E-state index in [-0.39, 0.29) is 5.91 Å². The van der Waals surface area contributed by atoms with E-state index in [0.29, 0.717) is 12.0 Å². The van der Waals surface area contributed by atoms with Crippen molar-refractivity contribution in [2.24, 2.45) is 5.92 Å². The number of hydrogen-bond acceptors (Lipinski definition) is 3. The molecule has 4 rings (SSSR count). The van der Waals surface area contributed by atoms with E-state index in [4.69, 9.17) is 4.98 Å². The van der Waals surface area contributed by atoms with Crippen molar-refractivity contribution in [1.82, 2.24) is 10.3 Å². The van der Waals surface area contributed by atoms with Crippen molar-refractivity contribution in [3.8, 4) is 0 Å². The lowest BCUT2D eigenvalue weighted by Gasteiger charge is -2.30. The molecule has 132 valence electrons. The Labute approximate surface area is 149 Å². The van der Waals surface area contributed by atoms with Crippen molar-refractivity contribution < 1.29 is 4.79 Å². The highest BCUT2D eigenvalue weighted by molar-refractivity contribution is 6.02. The summed E-state index contributed by atoms with van der Waals surface area (Å²) in [5.74, 6) is 1.46. The molecule has 25 heavy (non-hydrogen) atoms. The number of fused-ring (bicyclic) bond motifs is 1. The van der Waals surface area contributed by atoms with Crippen molar-refractivity contribution in [3.63, 3.8) is 0 Å². The minimum absolute atomic E-state index is 0.0407. The Morgan fingerprint density at radius 3 is 2.68 bits per heavy atom. The van der Waals surface area contributed by atoms with E-state index in [1.807, 2.05) is 30.3 Å². The van der Waals surface area contributed by atoms with Gasteiger partial charge in [-0.1, -0.05) is 38.0 Å². The molecule has 0 spiro atoms. The van der Waals surface area contributed by atoms with Crippen LogP contribution in [0.4, 0.5) is 5.82 Å². The van der Waals surface area contributed by atoms with Crippen LogP contribution in [-0.4, -0.2) is 30.0 Å². The van der Waals surface area contributed by atoms with E-state index in [0.717, 1.165) is 41.8 Å². The van der Waals surface area contributed by atoms with Gasteiger partial charge in [0.05, 0.1) is 11.1 Å². The van der Waals surface area contributed by atoms with Crippen molar-refractivity contribution in [2.75, 3.05) is 18.0 Å². The zero-order valence-corrected chi connectivity index (χ0v) is 15.0. The van der Waals surface area contributed by atoms with Crippen LogP contribution >= 0.6 is 0 Å². The lowest BCUT2D eigenvalue weighted by Crippen LogP contribution is -2.41. The maximum Gasteiger partial charge on any atom is 0.255 e. The van der Waals surface area contributed by atoms with Crippen LogP contribution in [0.25, 0.3) is 10.9 Å². The second-order valence-electron chi connectivity index (χ2n) is 7.59. The predicted molar refractivity (Wildman–Crippen MR) is 102 cm³/mol. The number of amides is 1. The molecular formula is C21H27N3O. The molecule has 4 nitrogen and oxygen atoms in total. The smallest absolute Gasteiger partial charge is 0.255 e. The van der Waals surface area contributed by atoms with Gasteiger partial charge < -0.3 is 10.2 Å². The molecule has 0 bridgehead atoms. The van der Waals surface area contributed by atoms with E-state index in [9.17, 15) is 4.79 Å². The number of rotatable bonds is 3. The number of benzene rings is 1. The minimum atomic E-state index is 0.0407. The second-order valence-corrected chi connectivity index (χ2v) is 7.59. The number of nitrogens with one attached hydrogen (secondary N) is 1. The van der Waals surface area contributed by atoms with Crippen LogP contribution in [0.15, 0.2) is 30.3 Å². The van der Waals surface area contributed by atoms with E-state index < -0.39 is 0 Å². The average Bonchev–Trinajstić information content (AvgIpc) is 3.17. The minimum Gasteiger partial charge on any atom is -0.356 e. The third-order valence-electron chi connectivity index (χ3n) is 5.78. The highest BCUT2D eigenvalue weighted by atomic mass is 16.1. The molecule has 2 aromatic rings. The molecule has 1 saturated carbocycles. The molecule has 2 aliphatic rings. The number of aromatic nitrogens is 1. The topological polar surface area (TPSA) is 45.2 Å². The largest absolute Gasteiger partial charge is 0.356 e. The van der Waals surface area contributed by atoms with Gasteiger partial charge in [-0.15, -0.1) is 0 Å². The Balaban J connectivity index is 1.68. The molecule has 0 unspecified atom stereocenters. The van der Waals surface area contributed by atoms with E-state index in [2.05, 4.69) is 17.1 Å². The van der Waals surface area contributed by atoms with Crippen molar-refractivity contribution in [1.29, 1.82) is 0 Å². The van der Waals surface area contributed by atoms with Crippen LogP contribution in [0.5, 0.6) is 0 Å². The summed E-state index contributed by atoms with van der Waals surface area (Å²) < 4.78 is 0. The molecule has 2 heterocycles. The van der Waals surface area contributed by atoms with Gasteiger partial charge in [-0.2, -0.15) is 0 Å². The SMILES string of the molecule is C[C@@H]1CCCC[C@H]1NC(=O)c1cc2ccccc2nc1N1CCCC1. The van der Waals surface area contributed by atoms with Crippen LogP contribution in [0.1, 0.15) is 55.8 Å². The zero-order chi connectivity index (χ0) is 17.2. The van der Waals surface area contributed by atoms with Crippen molar-refractivity contribution >= 4 is 22.6 Å². The fraction of sp³-hybridized carbons (Fsp3) is 0.524. The molecule has 2 atom stereocenters. The number of hydrogen-bond donors (Lipinski definition) is 1. The maximum absolute atomic E-state index is 13.1. The van der Waals surface area contributed by atoms with Gasteiger partial charge in [0.15, 0.2) is 0 Å². The third kappa shape index (κ3) is 3.35. The summed E-state index contributed by atoms with van der Waals surface area (Å²) in [6.07, 6.45) is 7.14. The van der Waals surface area contributed by atoms with Crippen molar-refractivity contribution in [2.45, 2.75) is 51.5 Å². The first-order chi connectivity index (χ1) is 12.2. The highest BCUT2D eigenvalue weighted by Crippen LogP contribution is 2.28. The molecule has 1 aliphatic heterocycles. The quantitative estimate of drug-likeness (QED) is 0.915. The van der Waals surface area contributed by atoms with E-state index in [1.165, 1.54) is 32.1 Å². The molecule has 2 fully saturated rings. The van der Waals surface area contributed by atoms with E-state index in [1.54, 1.807) is 0 Å². The third-order valence-corrected chi connectivity index (χ3v) is 5.78. The average molecular weight is 337 g/mol. The fourth-order valence-corrected chi connectivity index (χ4v) is 4.22. The summed E-state index contributed by atoms with van der Waals surface area (Å²) in [5, 5.41) is 4.34. The Kier molecular flexibility index (Phi) is 4.60. The standard InChI is InChI=1S/C21H27N3O/c1-15-8-2-4-10-18(15)23-21(25)17-14-16-9-3-5-11-19(16)22-20(17)24-12-6-7-13-24/h3,5,9,11,14-15,18H,2,4,6-8,10,12-13H2,1H3,(H,23,25)/t15-,18-/m1/s1. The van der Waals surface area contributed by atoms with Crippen LogP contribution in [0.2, 0.25) is 0 Å². The summed E-state index contributed by atoms with van der Waals surface area (Å²) in [6.45, 7) is 4.24. The Morgan fingerprint density at radius 1 is 1.12 bits per heavy atom. The van der Waals surface area contributed by atoms with Crippen LogP contribution in [-0.2, 0) is 0 Å². The molecule has 1 aliphatic carbocycles. The molecule has 1 aromatic carbocycles. The lowest BCUT2D eigenvalue weighted by atomic mass is 9.86. The number of anilines is 1. The number of para-hydroxylation sites is 1. The number of carbonyl (C=O) groups is 1. The zero-order valence-electron chi connectivity index (χ0n) is 15.0. The molecule has 1 N–H and O–H groups in total. The Bertz CT molecular complexity index is 767. The fourth-order valence-electron chi connectivity index (χ4n) is 4.22. The highest BCUT2D eigenvalue weighted by Gasteiger charge is 2.26. The number of carbonyl (C=O) groups excluding carboxylic acids is 1. The van der Waals surface area contributed by atoms with E-state index >= 15 is 0 Å². The molecule has 4 heteroatoms. The molecule has 1 saturated heterocycles. The first-order valence-corrected chi connectivity index (χ1v) is 9.68. The Hall–Kier alpha value is -2.10. The van der Waals surface area contributed by atoms with Gasteiger partial charge in [-0.3, -0.25) is 4.79 Å². The maximum atomic E-state index is 13.1. The van der Waals surface area contributed by atoms with Gasteiger partial charge in [0.2, 0.25) is 0 Å². The summed E-state index contributed by atoms with van der Waals surface area (Å²) in [7, 11) is 0. The van der Waals surface area contributed by atoms with Crippen LogP contribution in [0, 0.1) is 5.92 Å². The summed E-state index contributed by atoms with van der Waals surface area (Å²) >= 11 is 0. The Morgan fingerprint density at radius 2 is 1.88 bits per heavy atom. The van der Waals surface area contributed by atoms with Gasteiger partial charge >= 0.3 is 0 Å². The summed E-state index contributed by atoms with van der Waals surface area (Å²) in [5.41, 5.74) is 1.70. The molecule has 1 amide bonds. The number of pyridine rings is 1. The first kappa shape index (κ1) is 16.4. The molecule has 0 radical (unpaired) electrons. The molecular weight excluding hydrogens is 310 g/mol. The van der Waals surface area contributed by atoms with Crippen LogP contribution in [0.3, 0.4) is 0 Å². The summed E-state index contributed by atoms with van der Waals surface area (Å²) in [4.78, 5) is 20.2. The number of nitrogens with zero attached hydrogens (tertiary/aromatic N) is 2. The van der Waals surface area contributed by atoms with Crippen molar-refractivity contribution in [3.05, 3.63) is 35.9 Å². The normalized spacial score (nSPS) is 23.8.